The van der Waals surface area contributed by atoms with Gasteiger partial charge < -0.3 is 14.3 Å². The van der Waals surface area contributed by atoms with Gasteiger partial charge in [0.2, 0.25) is 4.96 Å². The Labute approximate surface area is 127 Å². The second-order valence-corrected chi connectivity index (χ2v) is 5.71. The van der Waals surface area contributed by atoms with Crippen molar-refractivity contribution in [3.05, 3.63) is 29.4 Å². The largest absolute Gasteiger partial charge is 0.507 e. The number of ether oxygens (including phenoxy) is 1. The standard InChI is InChI=1S/C13H8ClN3O3S/c1-19-13-16-17-8(5-15-12(17)21-13)11-4-7-9(18)2-6(14)3-10(7)20-11/h2-5,18H,1H3. The Bertz CT molecular complexity index is 972. The molecule has 0 aliphatic rings. The molecule has 3 heterocycles. The average molecular weight is 322 g/mol. The van der Waals surface area contributed by atoms with Crippen LogP contribution in [0.1, 0.15) is 0 Å². The van der Waals surface area contributed by atoms with Crippen molar-refractivity contribution < 1.29 is 14.3 Å². The summed E-state index contributed by atoms with van der Waals surface area (Å²) in [5.41, 5.74) is 1.18. The fourth-order valence-electron chi connectivity index (χ4n) is 2.14. The number of halogens is 1. The van der Waals surface area contributed by atoms with Crippen molar-refractivity contribution in [2.75, 3.05) is 7.11 Å². The zero-order chi connectivity index (χ0) is 14.6. The van der Waals surface area contributed by atoms with Crippen molar-refractivity contribution in [2.45, 2.75) is 0 Å². The molecule has 0 amide bonds. The van der Waals surface area contributed by atoms with E-state index >= 15 is 0 Å². The Balaban J connectivity index is 1.95. The van der Waals surface area contributed by atoms with Gasteiger partial charge in [-0.2, -0.15) is 4.52 Å². The molecule has 0 fully saturated rings. The number of nitrogens with zero attached hydrogens (tertiary/aromatic N) is 3. The van der Waals surface area contributed by atoms with Crippen LogP contribution in [0.5, 0.6) is 10.9 Å². The molecule has 4 aromatic rings. The van der Waals surface area contributed by atoms with Crippen molar-refractivity contribution >= 4 is 38.9 Å². The zero-order valence-electron chi connectivity index (χ0n) is 10.7. The van der Waals surface area contributed by atoms with Crippen LogP contribution in [0.25, 0.3) is 27.4 Å². The minimum atomic E-state index is 0.0733. The number of aromatic nitrogens is 3. The number of benzene rings is 1. The molecular formula is C13H8ClN3O3S. The van der Waals surface area contributed by atoms with E-state index in [0.29, 0.717) is 37.6 Å². The number of imidazole rings is 1. The predicted molar refractivity (Wildman–Crippen MR) is 79.3 cm³/mol. The lowest BCUT2D eigenvalue weighted by Gasteiger charge is -1.93. The van der Waals surface area contributed by atoms with Crippen molar-refractivity contribution in [3.63, 3.8) is 0 Å². The number of furan rings is 1. The molecular weight excluding hydrogens is 314 g/mol. The number of phenols is 1. The lowest BCUT2D eigenvalue weighted by atomic mass is 10.2. The molecule has 0 saturated heterocycles. The first-order valence-corrected chi connectivity index (χ1v) is 7.16. The van der Waals surface area contributed by atoms with Crippen LogP contribution in [0.2, 0.25) is 5.02 Å². The number of hydrogen-bond acceptors (Lipinski definition) is 6. The van der Waals surface area contributed by atoms with Gasteiger partial charge in [0.15, 0.2) is 5.76 Å². The number of aromatic hydroxyl groups is 1. The average Bonchev–Trinajstić information content (AvgIpc) is 3.09. The summed E-state index contributed by atoms with van der Waals surface area (Å²) in [5, 5.41) is 15.7. The van der Waals surface area contributed by atoms with E-state index in [9.17, 15) is 5.11 Å². The van der Waals surface area contributed by atoms with Gasteiger partial charge in [-0.15, -0.1) is 5.10 Å². The highest BCUT2D eigenvalue weighted by atomic mass is 35.5. The normalized spacial score (nSPS) is 11.5. The van der Waals surface area contributed by atoms with Crippen LogP contribution in [0.3, 0.4) is 0 Å². The van der Waals surface area contributed by atoms with Crippen molar-refractivity contribution in [2.24, 2.45) is 0 Å². The lowest BCUT2D eigenvalue weighted by Crippen LogP contribution is -1.88. The third kappa shape index (κ3) is 1.85. The smallest absolute Gasteiger partial charge is 0.294 e. The molecule has 0 unspecified atom stereocenters. The van der Waals surface area contributed by atoms with E-state index in [2.05, 4.69) is 10.1 Å². The molecule has 0 spiro atoms. The third-order valence-electron chi connectivity index (χ3n) is 3.07. The Morgan fingerprint density at radius 2 is 2.24 bits per heavy atom. The first-order valence-electron chi connectivity index (χ1n) is 5.96. The van der Waals surface area contributed by atoms with Crippen molar-refractivity contribution in [1.29, 1.82) is 0 Å². The summed E-state index contributed by atoms with van der Waals surface area (Å²) in [4.78, 5) is 4.96. The summed E-state index contributed by atoms with van der Waals surface area (Å²) in [7, 11) is 1.55. The van der Waals surface area contributed by atoms with Crippen LogP contribution in [-0.4, -0.2) is 26.8 Å². The number of rotatable bonds is 2. The van der Waals surface area contributed by atoms with Gasteiger partial charge in [-0.3, -0.25) is 0 Å². The lowest BCUT2D eigenvalue weighted by molar-refractivity contribution is 0.405. The second kappa shape index (κ2) is 4.37. The van der Waals surface area contributed by atoms with E-state index in [4.69, 9.17) is 20.8 Å². The molecule has 4 rings (SSSR count). The Morgan fingerprint density at radius 1 is 1.38 bits per heavy atom. The minimum Gasteiger partial charge on any atom is -0.507 e. The molecule has 0 bridgehead atoms. The summed E-state index contributed by atoms with van der Waals surface area (Å²) in [6.07, 6.45) is 1.66. The summed E-state index contributed by atoms with van der Waals surface area (Å²) < 4.78 is 12.5. The molecule has 0 atom stereocenters. The van der Waals surface area contributed by atoms with Gasteiger partial charge in [0.05, 0.1) is 18.7 Å². The van der Waals surface area contributed by atoms with E-state index < -0.39 is 0 Å². The highest BCUT2D eigenvalue weighted by Gasteiger charge is 2.17. The predicted octanol–water partition coefficient (Wildman–Crippen LogP) is 3.57. The Kier molecular flexibility index (Phi) is 2.60. The maximum Gasteiger partial charge on any atom is 0.294 e. The highest BCUT2D eigenvalue weighted by molar-refractivity contribution is 7.18. The van der Waals surface area contributed by atoms with Crippen molar-refractivity contribution in [3.8, 4) is 22.4 Å². The monoisotopic (exact) mass is 321 g/mol. The van der Waals surface area contributed by atoms with E-state index in [1.54, 1.807) is 30.0 Å². The van der Waals surface area contributed by atoms with E-state index in [1.807, 2.05) is 0 Å². The molecule has 0 aliphatic heterocycles. The fourth-order valence-corrected chi connectivity index (χ4v) is 3.04. The van der Waals surface area contributed by atoms with E-state index in [1.165, 1.54) is 17.4 Å². The van der Waals surface area contributed by atoms with E-state index in [0.717, 1.165) is 0 Å². The van der Waals surface area contributed by atoms with Gasteiger partial charge >= 0.3 is 0 Å². The van der Waals surface area contributed by atoms with Gasteiger partial charge in [-0.05, 0) is 23.5 Å². The molecule has 1 aromatic carbocycles. The molecule has 0 aliphatic carbocycles. The molecule has 0 radical (unpaired) electrons. The first kappa shape index (κ1) is 12.5. The van der Waals surface area contributed by atoms with Gasteiger partial charge in [-0.25, -0.2) is 4.98 Å². The van der Waals surface area contributed by atoms with Gasteiger partial charge in [0.25, 0.3) is 5.19 Å². The van der Waals surface area contributed by atoms with Crippen LogP contribution in [0.4, 0.5) is 0 Å². The number of phenolic OH excluding ortho intramolecular Hbond substituents is 1. The summed E-state index contributed by atoms with van der Waals surface area (Å²) in [5.74, 6) is 0.618. The van der Waals surface area contributed by atoms with Crippen LogP contribution in [0, 0.1) is 0 Å². The molecule has 0 saturated carbocycles. The number of fused-ring (bicyclic) bond motifs is 2. The second-order valence-electron chi connectivity index (χ2n) is 4.36. The zero-order valence-corrected chi connectivity index (χ0v) is 12.3. The maximum atomic E-state index is 9.92. The molecule has 8 heteroatoms. The van der Waals surface area contributed by atoms with Crippen molar-refractivity contribution in [1.82, 2.24) is 14.6 Å². The van der Waals surface area contributed by atoms with Crippen LogP contribution < -0.4 is 4.74 Å². The molecule has 6 nitrogen and oxygen atoms in total. The number of hydrogen-bond donors (Lipinski definition) is 1. The van der Waals surface area contributed by atoms with Gasteiger partial charge in [0, 0.05) is 11.1 Å². The topological polar surface area (TPSA) is 72.8 Å². The highest BCUT2D eigenvalue weighted by Crippen LogP contribution is 2.36. The van der Waals surface area contributed by atoms with Gasteiger partial charge in [-0.1, -0.05) is 11.6 Å². The quantitative estimate of drug-likeness (QED) is 0.611. The minimum absolute atomic E-state index is 0.0733. The first-order chi connectivity index (χ1) is 10.2. The SMILES string of the molecule is COc1nn2c(-c3cc4c(O)cc(Cl)cc4o3)cnc2s1. The summed E-state index contributed by atoms with van der Waals surface area (Å²) in [6, 6.07) is 4.86. The van der Waals surface area contributed by atoms with Gasteiger partial charge in [0.1, 0.15) is 17.0 Å². The number of methoxy groups -OCH3 is 1. The summed E-state index contributed by atoms with van der Waals surface area (Å²) >= 11 is 7.24. The Hall–Kier alpha value is -2.25. The van der Waals surface area contributed by atoms with Crippen LogP contribution in [-0.2, 0) is 0 Å². The van der Waals surface area contributed by atoms with E-state index in [-0.39, 0.29) is 5.75 Å². The molecule has 1 N–H and O–H groups in total. The molecule has 3 aromatic heterocycles. The maximum absolute atomic E-state index is 9.92. The molecule has 21 heavy (non-hydrogen) atoms. The Morgan fingerprint density at radius 3 is 3.05 bits per heavy atom. The third-order valence-corrected chi connectivity index (χ3v) is 4.18. The fraction of sp³-hybridized carbons (Fsp3) is 0.0769. The van der Waals surface area contributed by atoms with Crippen LogP contribution >= 0.6 is 22.9 Å². The van der Waals surface area contributed by atoms with Crippen LogP contribution in [0.15, 0.2) is 28.8 Å². The molecule has 106 valence electrons. The summed E-state index contributed by atoms with van der Waals surface area (Å²) in [6.45, 7) is 0.